The number of ether oxygens (including phenoxy) is 2. The van der Waals surface area contributed by atoms with Gasteiger partial charge >= 0.3 is 63.3 Å². The molecule has 164 valence electrons. The molecule has 0 atom stereocenters. The molecule has 2 saturated carbocycles. The molecule has 2 fully saturated rings. The minimum atomic E-state index is -0.250. The first-order valence-corrected chi connectivity index (χ1v) is 11.0. The van der Waals surface area contributed by atoms with Crippen LogP contribution >= 0.6 is 0 Å². The zero-order valence-electron chi connectivity index (χ0n) is 19.3. The van der Waals surface area contributed by atoms with Gasteiger partial charge in [0.1, 0.15) is 0 Å². The van der Waals surface area contributed by atoms with Crippen LogP contribution in [-0.4, -0.2) is 31.3 Å². The molecule has 0 aromatic carbocycles. The van der Waals surface area contributed by atoms with E-state index in [1.165, 1.54) is 59.7 Å². The molecule has 2 aliphatic rings. The van der Waals surface area contributed by atoms with Gasteiger partial charge in [0.15, 0.2) is 0 Å². The molecular formula is C22H39KO5S. The quantitative estimate of drug-likeness (QED) is 0.367. The van der Waals surface area contributed by atoms with Crippen LogP contribution in [0.1, 0.15) is 85.0 Å². The fourth-order valence-corrected chi connectivity index (χ4v) is 3.95. The number of carbonyl (C=O) groups is 3. The average molecular weight is 455 g/mol. The summed E-state index contributed by atoms with van der Waals surface area (Å²) in [6.45, 7) is 5.79. The molecule has 0 amide bonds. The van der Waals surface area contributed by atoms with Crippen molar-refractivity contribution >= 4 is 29.7 Å². The second-order valence-electron chi connectivity index (χ2n) is 7.79. The molecule has 29 heavy (non-hydrogen) atoms. The van der Waals surface area contributed by atoms with Crippen molar-refractivity contribution < 1.29 is 75.2 Å². The zero-order chi connectivity index (χ0) is 21.5. The molecule has 0 N–H and O–H groups in total. The summed E-state index contributed by atoms with van der Waals surface area (Å²) < 4.78 is 9.44. The van der Waals surface area contributed by atoms with Crippen molar-refractivity contribution in [2.75, 3.05) is 14.2 Å². The van der Waals surface area contributed by atoms with Crippen LogP contribution in [-0.2, 0) is 36.5 Å². The second kappa shape index (κ2) is 19.2. The molecule has 2 aliphatic carbocycles. The molecule has 7 heteroatoms. The molecule has 0 aromatic rings. The van der Waals surface area contributed by atoms with Crippen LogP contribution in [0.4, 0.5) is 0 Å². The predicted molar refractivity (Wildman–Crippen MR) is 114 cm³/mol. The van der Waals surface area contributed by atoms with E-state index in [2.05, 4.69) is 26.5 Å². The van der Waals surface area contributed by atoms with Crippen molar-refractivity contribution in [3.63, 3.8) is 0 Å². The van der Waals surface area contributed by atoms with Gasteiger partial charge in [-0.2, -0.15) is 0 Å². The Bertz CT molecular complexity index is 416. The van der Waals surface area contributed by atoms with Crippen molar-refractivity contribution in [3.8, 4) is 0 Å². The van der Waals surface area contributed by atoms with Gasteiger partial charge in [-0.25, -0.2) is 0 Å². The van der Waals surface area contributed by atoms with E-state index in [-0.39, 0.29) is 80.3 Å². The first kappa shape index (κ1) is 31.7. The second-order valence-corrected chi connectivity index (χ2v) is 8.36. The SMILES string of the molecule is CC(=O)[S-].CCC1CCC(C(=O)OC)CC1.CCC1CCC(C(=O)OC)CC1.[K+]. The Morgan fingerprint density at radius 2 is 0.966 bits per heavy atom. The molecule has 5 nitrogen and oxygen atoms in total. The maximum absolute atomic E-state index is 11.1. The molecule has 0 bridgehead atoms. The monoisotopic (exact) mass is 454 g/mol. The van der Waals surface area contributed by atoms with E-state index in [0.717, 1.165) is 37.5 Å². The Morgan fingerprint density at radius 3 is 1.14 bits per heavy atom. The molecule has 0 spiro atoms. The summed E-state index contributed by atoms with van der Waals surface area (Å²) in [5.74, 6) is 2.07. The van der Waals surface area contributed by atoms with Gasteiger partial charge in [0.2, 0.25) is 0 Å². The molecule has 0 saturated heterocycles. The molecule has 2 rings (SSSR count). The molecule has 0 aliphatic heterocycles. The minimum absolute atomic E-state index is 0. The zero-order valence-corrected chi connectivity index (χ0v) is 23.3. The van der Waals surface area contributed by atoms with Crippen LogP contribution < -0.4 is 51.4 Å². The van der Waals surface area contributed by atoms with Gasteiger partial charge in [-0.15, -0.1) is 0 Å². The van der Waals surface area contributed by atoms with E-state index >= 15 is 0 Å². The predicted octanol–water partition coefficient (Wildman–Crippen LogP) is 1.84. The van der Waals surface area contributed by atoms with Gasteiger partial charge in [-0.05, 0) is 70.1 Å². The molecule has 0 unspecified atom stereocenters. The third-order valence-electron chi connectivity index (χ3n) is 5.92. The van der Waals surface area contributed by atoms with Gasteiger partial charge in [0.25, 0.3) is 0 Å². The van der Waals surface area contributed by atoms with E-state index < -0.39 is 0 Å². The van der Waals surface area contributed by atoms with Crippen molar-refractivity contribution in [2.24, 2.45) is 23.7 Å². The van der Waals surface area contributed by atoms with Crippen molar-refractivity contribution in [3.05, 3.63) is 0 Å². The van der Waals surface area contributed by atoms with E-state index in [1.807, 2.05) is 0 Å². The summed E-state index contributed by atoms with van der Waals surface area (Å²) in [6, 6.07) is 0. The van der Waals surface area contributed by atoms with Gasteiger partial charge < -0.3 is 26.9 Å². The number of hydrogen-bond acceptors (Lipinski definition) is 6. The van der Waals surface area contributed by atoms with Crippen LogP contribution in [0.25, 0.3) is 0 Å². The summed E-state index contributed by atoms with van der Waals surface area (Å²) in [4.78, 5) is 31.5. The van der Waals surface area contributed by atoms with Crippen LogP contribution in [0.15, 0.2) is 0 Å². The number of esters is 2. The summed E-state index contributed by atoms with van der Waals surface area (Å²) in [6.07, 6.45) is 11.5. The third-order valence-corrected chi connectivity index (χ3v) is 5.92. The standard InChI is InChI=1S/2C10H18O2.C2H4OS.K/c2*1-3-8-4-6-9(7-5-8)10(11)12-2;1-2(3)4;/h2*8-9H,3-7H2,1-2H3;1H3,(H,3,4);/q;;;+1/p-1. The topological polar surface area (TPSA) is 69.7 Å². The van der Waals surface area contributed by atoms with Crippen LogP contribution in [0.2, 0.25) is 0 Å². The summed E-state index contributed by atoms with van der Waals surface area (Å²) in [7, 11) is 2.96. The Labute approximate surface area is 225 Å². The van der Waals surface area contributed by atoms with Crippen molar-refractivity contribution in [1.82, 2.24) is 0 Å². The number of methoxy groups -OCH3 is 2. The third kappa shape index (κ3) is 15.0. The first-order valence-electron chi connectivity index (χ1n) is 10.6. The number of hydrogen-bond donors (Lipinski definition) is 0. The Hall–Kier alpha value is 0.466. The van der Waals surface area contributed by atoms with Gasteiger partial charge in [0.05, 0.1) is 26.1 Å². The maximum Gasteiger partial charge on any atom is 1.00 e. The number of carbonyl (C=O) groups excluding carboxylic acids is 3. The summed E-state index contributed by atoms with van der Waals surface area (Å²) >= 11 is 3.98. The average Bonchev–Trinajstić information content (AvgIpc) is 2.72. The fourth-order valence-electron chi connectivity index (χ4n) is 3.95. The molecule has 0 heterocycles. The smallest absolute Gasteiger partial charge is 0.742 e. The largest absolute Gasteiger partial charge is 1.00 e. The van der Waals surface area contributed by atoms with Gasteiger partial charge in [-0.1, -0.05) is 26.7 Å². The molecule has 0 radical (unpaired) electrons. The normalized spacial score (nSPS) is 25.6. The Morgan fingerprint density at radius 1 is 0.724 bits per heavy atom. The van der Waals surface area contributed by atoms with Crippen molar-refractivity contribution in [1.29, 1.82) is 0 Å². The summed E-state index contributed by atoms with van der Waals surface area (Å²) in [5.41, 5.74) is 0. The van der Waals surface area contributed by atoms with Crippen molar-refractivity contribution in [2.45, 2.75) is 85.0 Å². The van der Waals surface area contributed by atoms with Crippen LogP contribution in [0.5, 0.6) is 0 Å². The Balaban J connectivity index is 0. The van der Waals surface area contributed by atoms with Crippen LogP contribution in [0.3, 0.4) is 0 Å². The van der Waals surface area contributed by atoms with Crippen LogP contribution in [0, 0.1) is 23.7 Å². The maximum atomic E-state index is 11.1. The van der Waals surface area contributed by atoms with Gasteiger partial charge in [-0.3, -0.25) is 9.59 Å². The van der Waals surface area contributed by atoms with Gasteiger partial charge in [0, 0.05) is 5.12 Å². The van der Waals surface area contributed by atoms with E-state index in [4.69, 9.17) is 9.47 Å². The molecular weight excluding hydrogens is 415 g/mol. The first-order chi connectivity index (χ1) is 13.3. The Kier molecular flexibility index (Phi) is 20.9. The van der Waals surface area contributed by atoms with E-state index in [1.54, 1.807) is 0 Å². The fraction of sp³-hybridized carbons (Fsp3) is 0.864. The van der Waals surface area contributed by atoms with E-state index in [9.17, 15) is 14.4 Å². The molecule has 0 aromatic heterocycles. The number of rotatable bonds is 4. The van der Waals surface area contributed by atoms with E-state index in [0.29, 0.717) is 0 Å². The minimum Gasteiger partial charge on any atom is -0.742 e. The summed E-state index contributed by atoms with van der Waals surface area (Å²) in [5, 5.41) is -0.250.